The van der Waals surface area contributed by atoms with Gasteiger partial charge in [-0.05, 0) is 74.5 Å². The van der Waals surface area contributed by atoms with Crippen molar-refractivity contribution in [1.29, 1.82) is 0 Å². The number of allylic oxidation sites excluding steroid dienone is 1. The minimum atomic E-state index is -0.579. The molecule has 1 aromatic rings. The van der Waals surface area contributed by atoms with Crippen molar-refractivity contribution in [2.45, 2.75) is 82.1 Å². The van der Waals surface area contributed by atoms with Crippen LogP contribution in [0.1, 0.15) is 65.2 Å². The Bertz CT molecular complexity index is 837. The predicted octanol–water partition coefficient (Wildman–Crippen LogP) is 5.22. The second-order valence-corrected chi connectivity index (χ2v) is 11.9. The third-order valence-corrected chi connectivity index (χ3v) is 11.2. The summed E-state index contributed by atoms with van der Waals surface area (Å²) in [6.45, 7) is 4.96. The van der Waals surface area contributed by atoms with Gasteiger partial charge in [0.15, 0.2) is 5.16 Å². The topological polar surface area (TPSA) is 47.3 Å². The van der Waals surface area contributed by atoms with Crippen molar-refractivity contribution < 1.29 is 9.84 Å². The van der Waals surface area contributed by atoms with Crippen molar-refractivity contribution in [3.05, 3.63) is 24.0 Å². The Morgan fingerprint density at radius 2 is 1.97 bits per heavy atom. The van der Waals surface area contributed by atoms with Crippen LogP contribution in [0, 0.1) is 28.6 Å². The van der Waals surface area contributed by atoms with Crippen LogP contribution >= 0.6 is 11.8 Å². The van der Waals surface area contributed by atoms with Gasteiger partial charge in [0.05, 0.1) is 11.7 Å². The number of aromatic nitrogens is 2. The second kappa shape index (κ2) is 7.38. The minimum absolute atomic E-state index is 0.0354. The van der Waals surface area contributed by atoms with Gasteiger partial charge in [-0.2, -0.15) is 0 Å². The fraction of sp³-hybridized carbons (Fsp3) is 0.800. The molecule has 3 fully saturated rings. The highest BCUT2D eigenvalue weighted by Crippen LogP contribution is 2.68. The molecule has 0 radical (unpaired) electrons. The zero-order valence-corrected chi connectivity index (χ0v) is 19.9. The number of aryl methyl sites for hydroxylation is 1. The highest BCUT2D eigenvalue weighted by molar-refractivity contribution is 7.99. The van der Waals surface area contributed by atoms with Crippen molar-refractivity contribution in [3.63, 3.8) is 0 Å². The van der Waals surface area contributed by atoms with Gasteiger partial charge < -0.3 is 14.4 Å². The van der Waals surface area contributed by atoms with Gasteiger partial charge in [0, 0.05) is 37.7 Å². The van der Waals surface area contributed by atoms with E-state index in [-0.39, 0.29) is 5.41 Å². The fourth-order valence-electron chi connectivity index (χ4n) is 7.90. The fourth-order valence-corrected chi connectivity index (χ4v) is 9.15. The van der Waals surface area contributed by atoms with E-state index < -0.39 is 5.60 Å². The molecule has 5 heteroatoms. The molecule has 30 heavy (non-hydrogen) atoms. The lowest BCUT2D eigenvalue weighted by Gasteiger charge is -2.59. The second-order valence-electron chi connectivity index (χ2n) is 11.0. The standard InChI is InChI=1S/C25H38N2O2S/c1-23-10-7-18(29-4)15-17(23)5-6-19-20(23)8-11-24(2)21(19)9-12-25(24,28)16-30-22-26-13-14-27(22)3/h13-15,18-21,28H,5-12,16H2,1-4H3/t18?,19?,20?,21?,23?,24?,25-/m1/s1. The number of rotatable bonds is 4. The predicted molar refractivity (Wildman–Crippen MR) is 121 cm³/mol. The SMILES string of the molecule is COC1C=C2CCC3C(CCC4(C)C3CC[C@@]4(O)CSc3nccn3C)C2(C)CC1. The molecular weight excluding hydrogens is 392 g/mol. The number of fused-ring (bicyclic) bond motifs is 5. The zero-order chi connectivity index (χ0) is 21.1. The average Bonchev–Trinajstić information content (AvgIpc) is 3.26. The van der Waals surface area contributed by atoms with E-state index in [4.69, 9.17) is 4.74 Å². The Hall–Kier alpha value is -0.780. The number of thioether (sulfide) groups is 1. The Balaban J connectivity index is 1.37. The summed E-state index contributed by atoms with van der Waals surface area (Å²) in [5, 5.41) is 12.9. The molecule has 4 aliphatic carbocycles. The molecule has 4 nitrogen and oxygen atoms in total. The first-order chi connectivity index (χ1) is 14.3. The lowest BCUT2D eigenvalue weighted by molar-refractivity contribution is -0.116. The van der Waals surface area contributed by atoms with Crippen LogP contribution in [-0.4, -0.2) is 39.2 Å². The van der Waals surface area contributed by atoms with Crippen LogP contribution < -0.4 is 0 Å². The summed E-state index contributed by atoms with van der Waals surface area (Å²) in [6, 6.07) is 0. The molecule has 3 saturated carbocycles. The largest absolute Gasteiger partial charge is 0.388 e. The summed E-state index contributed by atoms with van der Waals surface area (Å²) in [4.78, 5) is 4.47. The number of ether oxygens (including phenoxy) is 1. The summed E-state index contributed by atoms with van der Waals surface area (Å²) in [5.41, 5.74) is 1.48. The van der Waals surface area contributed by atoms with Gasteiger partial charge in [0.25, 0.3) is 0 Å². The van der Waals surface area contributed by atoms with Crippen LogP contribution in [0.3, 0.4) is 0 Å². The lowest BCUT2D eigenvalue weighted by atomic mass is 9.46. The zero-order valence-electron chi connectivity index (χ0n) is 19.1. The number of imidazole rings is 1. The van der Waals surface area contributed by atoms with Crippen LogP contribution in [-0.2, 0) is 11.8 Å². The first-order valence-electron chi connectivity index (χ1n) is 11.9. The normalized spacial score (nSPS) is 45.4. The Morgan fingerprint density at radius 1 is 1.17 bits per heavy atom. The molecule has 4 aliphatic rings. The van der Waals surface area contributed by atoms with Gasteiger partial charge in [-0.25, -0.2) is 4.98 Å². The number of hydrogen-bond acceptors (Lipinski definition) is 4. The number of aliphatic hydroxyl groups is 1. The van der Waals surface area contributed by atoms with Gasteiger partial charge in [-0.3, -0.25) is 0 Å². The molecule has 0 amide bonds. The van der Waals surface area contributed by atoms with E-state index in [0.717, 1.165) is 42.0 Å². The molecule has 0 spiro atoms. The minimum Gasteiger partial charge on any atom is -0.388 e. The highest BCUT2D eigenvalue weighted by Gasteiger charge is 2.63. The molecule has 0 bridgehead atoms. The van der Waals surface area contributed by atoms with Gasteiger partial charge in [0.1, 0.15) is 0 Å². The summed E-state index contributed by atoms with van der Waals surface area (Å²) < 4.78 is 7.74. The van der Waals surface area contributed by atoms with Crippen molar-refractivity contribution in [2.75, 3.05) is 12.9 Å². The molecule has 1 aromatic heterocycles. The Labute approximate surface area is 185 Å². The van der Waals surface area contributed by atoms with E-state index in [2.05, 4.69) is 29.5 Å². The van der Waals surface area contributed by atoms with E-state index in [1.54, 1.807) is 17.3 Å². The van der Waals surface area contributed by atoms with Crippen LogP contribution in [0.25, 0.3) is 0 Å². The number of hydrogen-bond donors (Lipinski definition) is 1. The van der Waals surface area contributed by atoms with Gasteiger partial charge in [-0.15, -0.1) is 0 Å². The van der Waals surface area contributed by atoms with Gasteiger partial charge in [0.2, 0.25) is 0 Å². The first-order valence-corrected chi connectivity index (χ1v) is 12.9. The van der Waals surface area contributed by atoms with Crippen molar-refractivity contribution in [1.82, 2.24) is 9.55 Å². The van der Waals surface area contributed by atoms with Crippen molar-refractivity contribution in [2.24, 2.45) is 35.6 Å². The monoisotopic (exact) mass is 430 g/mol. The van der Waals surface area contributed by atoms with E-state index in [9.17, 15) is 5.11 Å². The molecule has 0 saturated heterocycles. The van der Waals surface area contributed by atoms with E-state index in [1.165, 1.54) is 32.1 Å². The number of nitrogens with zero attached hydrogens (tertiary/aromatic N) is 2. The van der Waals surface area contributed by atoms with E-state index in [1.807, 2.05) is 26.6 Å². The van der Waals surface area contributed by atoms with Crippen molar-refractivity contribution >= 4 is 11.8 Å². The molecule has 0 aromatic carbocycles. The Kier molecular flexibility index (Phi) is 5.19. The van der Waals surface area contributed by atoms with Gasteiger partial charge >= 0.3 is 0 Å². The van der Waals surface area contributed by atoms with Crippen LogP contribution in [0.2, 0.25) is 0 Å². The average molecular weight is 431 g/mol. The quantitative estimate of drug-likeness (QED) is 0.525. The molecule has 1 heterocycles. The molecule has 7 atom stereocenters. The molecule has 1 N–H and O–H groups in total. The summed E-state index contributed by atoms with van der Waals surface area (Å²) in [5.74, 6) is 2.96. The van der Waals surface area contributed by atoms with E-state index >= 15 is 0 Å². The van der Waals surface area contributed by atoms with Crippen LogP contribution in [0.5, 0.6) is 0 Å². The maximum atomic E-state index is 11.9. The third kappa shape index (κ3) is 2.98. The number of methoxy groups -OCH3 is 1. The first kappa shape index (κ1) is 21.1. The Morgan fingerprint density at radius 3 is 2.70 bits per heavy atom. The molecule has 6 unspecified atom stereocenters. The summed E-state index contributed by atoms with van der Waals surface area (Å²) in [6.07, 6.45) is 16.1. The highest BCUT2D eigenvalue weighted by atomic mass is 32.2. The molecule has 0 aliphatic heterocycles. The van der Waals surface area contributed by atoms with Gasteiger partial charge in [-0.1, -0.05) is 37.3 Å². The third-order valence-electron chi connectivity index (χ3n) is 9.91. The lowest BCUT2D eigenvalue weighted by Crippen LogP contribution is -2.55. The molecular formula is C25H38N2O2S. The summed E-state index contributed by atoms with van der Waals surface area (Å²) in [7, 11) is 3.89. The molecule has 5 rings (SSSR count). The van der Waals surface area contributed by atoms with Crippen molar-refractivity contribution in [3.8, 4) is 0 Å². The maximum Gasteiger partial charge on any atom is 0.167 e. The molecule has 166 valence electrons. The van der Waals surface area contributed by atoms with Crippen LogP contribution in [0.4, 0.5) is 0 Å². The maximum absolute atomic E-state index is 11.9. The summed E-state index contributed by atoms with van der Waals surface area (Å²) >= 11 is 1.73. The smallest absolute Gasteiger partial charge is 0.167 e. The van der Waals surface area contributed by atoms with Crippen LogP contribution in [0.15, 0.2) is 29.2 Å². The van der Waals surface area contributed by atoms with E-state index in [0.29, 0.717) is 17.4 Å².